The number of hydrogen-bond donors (Lipinski definition) is 1. The van der Waals surface area contributed by atoms with Crippen molar-refractivity contribution in [3.8, 4) is 0 Å². The monoisotopic (exact) mass is 428 g/mol. The predicted octanol–water partition coefficient (Wildman–Crippen LogP) is 4.03. The predicted molar refractivity (Wildman–Crippen MR) is 120 cm³/mol. The Morgan fingerprint density at radius 2 is 1.70 bits per heavy atom. The highest BCUT2D eigenvalue weighted by atomic mass is 32.2. The lowest BCUT2D eigenvalue weighted by Gasteiger charge is -2.38. The van der Waals surface area contributed by atoms with Gasteiger partial charge in [0.2, 0.25) is 15.9 Å². The molecule has 2 aromatic rings. The molecule has 0 radical (unpaired) electrons. The number of nitrogens with zero attached hydrogens (tertiary/aromatic N) is 1. The summed E-state index contributed by atoms with van der Waals surface area (Å²) in [6, 6.07) is 11.6. The SMILES string of the molecule is Cc1cc(C)c(S(=O)(=O)N2CCC[C@@](C)(C(=O)NCc3ccccc3C)C2)cc1C. The summed E-state index contributed by atoms with van der Waals surface area (Å²) < 4.78 is 28.3. The molecular weight excluding hydrogens is 396 g/mol. The summed E-state index contributed by atoms with van der Waals surface area (Å²) in [5, 5.41) is 3.03. The maximum atomic E-state index is 13.4. The molecule has 3 rings (SSSR count). The normalized spacial score (nSPS) is 20.2. The van der Waals surface area contributed by atoms with Crippen molar-refractivity contribution in [3.63, 3.8) is 0 Å². The molecule has 0 bridgehead atoms. The highest BCUT2D eigenvalue weighted by Gasteiger charge is 2.42. The third kappa shape index (κ3) is 4.44. The molecule has 6 heteroatoms. The van der Waals surface area contributed by atoms with E-state index in [2.05, 4.69) is 5.32 Å². The summed E-state index contributed by atoms with van der Waals surface area (Å²) in [5.41, 5.74) is 4.22. The first-order valence-electron chi connectivity index (χ1n) is 10.5. The van der Waals surface area contributed by atoms with Crippen LogP contribution in [0.2, 0.25) is 0 Å². The van der Waals surface area contributed by atoms with Crippen LogP contribution in [0.1, 0.15) is 47.6 Å². The second kappa shape index (κ2) is 8.52. The van der Waals surface area contributed by atoms with E-state index in [9.17, 15) is 13.2 Å². The quantitative estimate of drug-likeness (QED) is 0.782. The Balaban J connectivity index is 1.79. The molecular formula is C24H32N2O3S. The van der Waals surface area contributed by atoms with Crippen molar-refractivity contribution < 1.29 is 13.2 Å². The van der Waals surface area contributed by atoms with Gasteiger partial charge in [-0.1, -0.05) is 30.3 Å². The van der Waals surface area contributed by atoms with E-state index in [-0.39, 0.29) is 12.5 Å². The number of carbonyl (C=O) groups excluding carboxylic acids is 1. The van der Waals surface area contributed by atoms with E-state index < -0.39 is 15.4 Å². The molecule has 0 aromatic heterocycles. The molecule has 1 fully saturated rings. The second-order valence-corrected chi connectivity index (χ2v) is 10.7. The minimum Gasteiger partial charge on any atom is -0.352 e. The zero-order valence-corrected chi connectivity index (χ0v) is 19.4. The average molecular weight is 429 g/mol. The Morgan fingerprint density at radius 3 is 2.40 bits per heavy atom. The van der Waals surface area contributed by atoms with Crippen LogP contribution in [0.25, 0.3) is 0 Å². The van der Waals surface area contributed by atoms with Crippen molar-refractivity contribution in [2.45, 2.75) is 58.9 Å². The Kier molecular flexibility index (Phi) is 6.39. The Morgan fingerprint density at radius 1 is 1.03 bits per heavy atom. The summed E-state index contributed by atoms with van der Waals surface area (Å²) in [5.74, 6) is -0.0949. The number of piperidine rings is 1. The van der Waals surface area contributed by atoms with E-state index in [1.807, 2.05) is 65.0 Å². The average Bonchev–Trinajstić information content (AvgIpc) is 2.69. The lowest BCUT2D eigenvalue weighted by Crippen LogP contribution is -2.51. The fourth-order valence-electron chi connectivity index (χ4n) is 4.13. The molecule has 1 N–H and O–H groups in total. The summed E-state index contributed by atoms with van der Waals surface area (Å²) in [4.78, 5) is 13.4. The largest absolute Gasteiger partial charge is 0.352 e. The lowest BCUT2D eigenvalue weighted by molar-refractivity contribution is -0.132. The van der Waals surface area contributed by atoms with Gasteiger partial charge in [-0.05, 0) is 81.3 Å². The number of rotatable bonds is 5. The molecule has 1 heterocycles. The number of amides is 1. The van der Waals surface area contributed by atoms with Crippen LogP contribution in [0.4, 0.5) is 0 Å². The highest BCUT2D eigenvalue weighted by Crippen LogP contribution is 2.34. The Labute approximate surface area is 180 Å². The number of carbonyl (C=O) groups is 1. The van der Waals surface area contributed by atoms with E-state index in [1.165, 1.54) is 4.31 Å². The van der Waals surface area contributed by atoms with E-state index in [0.29, 0.717) is 30.8 Å². The molecule has 0 spiro atoms. The van der Waals surface area contributed by atoms with Crippen molar-refractivity contribution in [3.05, 3.63) is 64.2 Å². The van der Waals surface area contributed by atoms with Crippen LogP contribution in [-0.2, 0) is 21.4 Å². The van der Waals surface area contributed by atoms with Crippen molar-refractivity contribution in [1.29, 1.82) is 0 Å². The minimum absolute atomic E-state index is 0.0949. The number of aryl methyl sites for hydroxylation is 4. The molecule has 1 saturated heterocycles. The molecule has 1 amide bonds. The van der Waals surface area contributed by atoms with Crippen LogP contribution in [0.3, 0.4) is 0 Å². The van der Waals surface area contributed by atoms with E-state index >= 15 is 0 Å². The van der Waals surface area contributed by atoms with Crippen LogP contribution in [0, 0.1) is 33.1 Å². The highest BCUT2D eigenvalue weighted by molar-refractivity contribution is 7.89. The zero-order chi connectivity index (χ0) is 22.1. The molecule has 162 valence electrons. The molecule has 0 unspecified atom stereocenters. The summed E-state index contributed by atoms with van der Waals surface area (Å²) in [7, 11) is -3.66. The first kappa shape index (κ1) is 22.5. The third-order valence-corrected chi connectivity index (χ3v) is 8.31. The van der Waals surface area contributed by atoms with Gasteiger partial charge in [-0.3, -0.25) is 4.79 Å². The molecule has 2 aromatic carbocycles. The molecule has 0 saturated carbocycles. The number of sulfonamides is 1. The van der Waals surface area contributed by atoms with Gasteiger partial charge in [-0.2, -0.15) is 4.31 Å². The van der Waals surface area contributed by atoms with Crippen LogP contribution >= 0.6 is 0 Å². The van der Waals surface area contributed by atoms with Crippen LogP contribution in [-0.4, -0.2) is 31.7 Å². The van der Waals surface area contributed by atoms with Gasteiger partial charge in [0, 0.05) is 19.6 Å². The van der Waals surface area contributed by atoms with Gasteiger partial charge in [0.15, 0.2) is 0 Å². The molecule has 1 atom stereocenters. The standard InChI is InChI=1S/C24H32N2O3S/c1-17-9-6-7-10-21(17)15-25-23(27)24(5)11-8-12-26(16-24)30(28,29)22-14-19(3)18(2)13-20(22)4/h6-7,9-10,13-14H,8,11-12,15-16H2,1-5H3,(H,25,27)/t24-/m1/s1. The van der Waals surface area contributed by atoms with Crippen LogP contribution < -0.4 is 5.32 Å². The molecule has 1 aliphatic heterocycles. The summed E-state index contributed by atoms with van der Waals surface area (Å²) in [6.07, 6.45) is 1.34. The van der Waals surface area contributed by atoms with Gasteiger partial charge in [0.1, 0.15) is 0 Å². The van der Waals surface area contributed by atoms with Crippen LogP contribution in [0.5, 0.6) is 0 Å². The Hall–Kier alpha value is -2.18. The first-order chi connectivity index (χ1) is 14.0. The minimum atomic E-state index is -3.66. The van der Waals surface area contributed by atoms with Crippen molar-refractivity contribution in [2.75, 3.05) is 13.1 Å². The fourth-order valence-corrected chi connectivity index (χ4v) is 6.03. The second-order valence-electron chi connectivity index (χ2n) is 8.81. The van der Waals surface area contributed by atoms with Crippen molar-refractivity contribution in [2.24, 2.45) is 5.41 Å². The molecule has 5 nitrogen and oxygen atoms in total. The van der Waals surface area contributed by atoms with Gasteiger partial charge in [0.05, 0.1) is 10.3 Å². The van der Waals surface area contributed by atoms with Gasteiger partial charge in [-0.25, -0.2) is 8.42 Å². The molecule has 0 aliphatic carbocycles. The number of nitrogens with one attached hydrogen (secondary N) is 1. The number of benzene rings is 2. The third-order valence-electron chi connectivity index (χ3n) is 6.32. The maximum absolute atomic E-state index is 13.4. The van der Waals surface area contributed by atoms with Gasteiger partial charge < -0.3 is 5.32 Å². The van der Waals surface area contributed by atoms with E-state index in [0.717, 1.165) is 27.8 Å². The number of hydrogen-bond acceptors (Lipinski definition) is 3. The first-order valence-corrected chi connectivity index (χ1v) is 11.9. The fraction of sp³-hybridized carbons (Fsp3) is 0.458. The van der Waals surface area contributed by atoms with Crippen LogP contribution in [0.15, 0.2) is 41.3 Å². The summed E-state index contributed by atoms with van der Waals surface area (Å²) >= 11 is 0. The smallest absolute Gasteiger partial charge is 0.243 e. The molecule has 30 heavy (non-hydrogen) atoms. The summed E-state index contributed by atoms with van der Waals surface area (Å²) in [6.45, 7) is 10.7. The lowest BCUT2D eigenvalue weighted by atomic mass is 9.82. The van der Waals surface area contributed by atoms with E-state index in [1.54, 1.807) is 6.07 Å². The van der Waals surface area contributed by atoms with E-state index in [4.69, 9.17) is 0 Å². The zero-order valence-electron chi connectivity index (χ0n) is 18.6. The van der Waals surface area contributed by atoms with Crippen molar-refractivity contribution >= 4 is 15.9 Å². The van der Waals surface area contributed by atoms with Gasteiger partial charge >= 0.3 is 0 Å². The van der Waals surface area contributed by atoms with Gasteiger partial charge in [-0.15, -0.1) is 0 Å². The maximum Gasteiger partial charge on any atom is 0.243 e. The Bertz CT molecular complexity index is 1060. The topological polar surface area (TPSA) is 66.5 Å². The van der Waals surface area contributed by atoms with Crippen molar-refractivity contribution in [1.82, 2.24) is 9.62 Å². The van der Waals surface area contributed by atoms with Gasteiger partial charge in [0.25, 0.3) is 0 Å². The molecule has 1 aliphatic rings.